The van der Waals surface area contributed by atoms with Crippen molar-refractivity contribution in [2.45, 2.75) is 19.3 Å². The number of rotatable bonds is 1. The van der Waals surface area contributed by atoms with Crippen LogP contribution >= 0.6 is 11.6 Å². The van der Waals surface area contributed by atoms with Gasteiger partial charge in [-0.05, 0) is 13.0 Å². The molecule has 1 aromatic rings. The Labute approximate surface area is 82.9 Å². The quantitative estimate of drug-likeness (QED) is 0.746. The molecule has 0 aromatic heterocycles. The van der Waals surface area contributed by atoms with E-state index in [1.54, 1.807) is 0 Å². The van der Waals surface area contributed by atoms with Crippen molar-refractivity contribution >= 4 is 11.6 Å². The molecule has 2 rings (SSSR count). The Hall–Kier alpha value is -0.570. The van der Waals surface area contributed by atoms with Crippen LogP contribution in [0.15, 0.2) is 24.3 Å². The number of nitrogens with one attached hydrogen (secondary N) is 1. The highest BCUT2D eigenvalue weighted by atomic mass is 35.5. The molecule has 0 bridgehead atoms. The zero-order valence-electron chi connectivity index (χ0n) is 7.46. The standard InChI is InChI=1S/C10H12ClNO/c1-7-6-12-10(13-7)8-4-2-3-5-9(8)11/h2-5,7,10,12H,6H2,1H3. The molecule has 2 nitrogen and oxygen atoms in total. The van der Waals surface area contributed by atoms with Crippen LogP contribution in [0.3, 0.4) is 0 Å². The number of ether oxygens (including phenoxy) is 1. The fraction of sp³-hybridized carbons (Fsp3) is 0.400. The average Bonchev–Trinajstić information content (AvgIpc) is 2.53. The maximum Gasteiger partial charge on any atom is 0.136 e. The molecule has 1 saturated heterocycles. The van der Waals surface area contributed by atoms with Crippen LogP contribution in [0.1, 0.15) is 18.7 Å². The van der Waals surface area contributed by atoms with E-state index in [0.29, 0.717) is 0 Å². The Morgan fingerprint density at radius 1 is 1.46 bits per heavy atom. The number of hydrogen-bond donors (Lipinski definition) is 1. The summed E-state index contributed by atoms with van der Waals surface area (Å²) >= 11 is 6.03. The van der Waals surface area contributed by atoms with Gasteiger partial charge in [-0.25, -0.2) is 0 Å². The topological polar surface area (TPSA) is 21.3 Å². The first kappa shape index (κ1) is 9.00. The third kappa shape index (κ3) is 1.85. The fourth-order valence-corrected chi connectivity index (χ4v) is 1.71. The third-order valence-corrected chi connectivity index (χ3v) is 2.49. The van der Waals surface area contributed by atoms with Gasteiger partial charge < -0.3 is 4.74 Å². The van der Waals surface area contributed by atoms with Crippen LogP contribution in [-0.2, 0) is 4.74 Å². The summed E-state index contributed by atoms with van der Waals surface area (Å²) in [6, 6.07) is 7.75. The smallest absolute Gasteiger partial charge is 0.136 e. The fourth-order valence-electron chi connectivity index (χ4n) is 1.47. The molecule has 1 heterocycles. The molecule has 3 heteroatoms. The summed E-state index contributed by atoms with van der Waals surface area (Å²) < 4.78 is 5.63. The van der Waals surface area contributed by atoms with E-state index in [-0.39, 0.29) is 12.3 Å². The lowest BCUT2D eigenvalue weighted by molar-refractivity contribution is 0.0511. The minimum atomic E-state index is -0.0382. The third-order valence-electron chi connectivity index (χ3n) is 2.15. The van der Waals surface area contributed by atoms with Gasteiger partial charge in [0.05, 0.1) is 6.10 Å². The zero-order chi connectivity index (χ0) is 9.26. The molecule has 0 amide bonds. The molecule has 70 valence electrons. The van der Waals surface area contributed by atoms with E-state index in [1.807, 2.05) is 31.2 Å². The summed E-state index contributed by atoms with van der Waals surface area (Å²) in [5.41, 5.74) is 1.02. The molecule has 1 aliphatic heterocycles. The van der Waals surface area contributed by atoms with Crippen LogP contribution in [0.5, 0.6) is 0 Å². The molecule has 2 atom stereocenters. The average molecular weight is 198 g/mol. The molecular weight excluding hydrogens is 186 g/mol. The summed E-state index contributed by atoms with van der Waals surface area (Å²) in [4.78, 5) is 0. The van der Waals surface area contributed by atoms with E-state index >= 15 is 0 Å². The Kier molecular flexibility index (Phi) is 2.54. The van der Waals surface area contributed by atoms with E-state index < -0.39 is 0 Å². The second-order valence-electron chi connectivity index (χ2n) is 3.26. The van der Waals surface area contributed by atoms with Crippen LogP contribution in [-0.4, -0.2) is 12.6 Å². The molecule has 2 unspecified atom stereocenters. The van der Waals surface area contributed by atoms with Crippen LogP contribution in [0.2, 0.25) is 5.02 Å². The molecule has 1 N–H and O–H groups in total. The normalized spacial score (nSPS) is 27.8. The molecule has 1 aliphatic rings. The van der Waals surface area contributed by atoms with E-state index in [9.17, 15) is 0 Å². The van der Waals surface area contributed by atoms with Crippen molar-refractivity contribution in [2.75, 3.05) is 6.54 Å². The maximum atomic E-state index is 6.03. The predicted molar refractivity (Wildman–Crippen MR) is 52.7 cm³/mol. The first-order chi connectivity index (χ1) is 6.27. The van der Waals surface area contributed by atoms with Gasteiger partial charge in [0.1, 0.15) is 6.23 Å². The van der Waals surface area contributed by atoms with Gasteiger partial charge in [0, 0.05) is 17.1 Å². The van der Waals surface area contributed by atoms with Crippen LogP contribution in [0.4, 0.5) is 0 Å². The van der Waals surface area contributed by atoms with Crippen molar-refractivity contribution < 1.29 is 4.74 Å². The van der Waals surface area contributed by atoms with E-state index in [1.165, 1.54) is 0 Å². The lowest BCUT2D eigenvalue weighted by Gasteiger charge is -2.12. The van der Waals surface area contributed by atoms with E-state index in [2.05, 4.69) is 5.32 Å². The van der Waals surface area contributed by atoms with Crippen molar-refractivity contribution in [3.05, 3.63) is 34.9 Å². The van der Waals surface area contributed by atoms with Crippen LogP contribution in [0.25, 0.3) is 0 Å². The van der Waals surface area contributed by atoms with Gasteiger partial charge >= 0.3 is 0 Å². The minimum Gasteiger partial charge on any atom is -0.355 e. The van der Waals surface area contributed by atoms with Gasteiger partial charge in [-0.3, -0.25) is 5.32 Å². The number of halogens is 1. The van der Waals surface area contributed by atoms with Crippen molar-refractivity contribution in [1.29, 1.82) is 0 Å². The van der Waals surface area contributed by atoms with Gasteiger partial charge in [-0.1, -0.05) is 29.8 Å². The summed E-state index contributed by atoms with van der Waals surface area (Å²) in [6.07, 6.45) is 0.227. The summed E-state index contributed by atoms with van der Waals surface area (Å²) in [5.74, 6) is 0. The van der Waals surface area contributed by atoms with Gasteiger partial charge in [0.15, 0.2) is 0 Å². The Bertz CT molecular complexity index is 303. The van der Waals surface area contributed by atoms with E-state index in [0.717, 1.165) is 17.1 Å². The van der Waals surface area contributed by atoms with Crippen molar-refractivity contribution in [3.8, 4) is 0 Å². The zero-order valence-corrected chi connectivity index (χ0v) is 8.21. The molecule has 1 aromatic carbocycles. The van der Waals surface area contributed by atoms with Gasteiger partial charge in [0.25, 0.3) is 0 Å². The first-order valence-electron chi connectivity index (χ1n) is 4.40. The summed E-state index contributed by atoms with van der Waals surface area (Å²) in [5, 5.41) is 4.02. The van der Waals surface area contributed by atoms with Gasteiger partial charge in [-0.15, -0.1) is 0 Å². The Morgan fingerprint density at radius 3 is 2.85 bits per heavy atom. The molecule has 13 heavy (non-hydrogen) atoms. The van der Waals surface area contributed by atoms with E-state index in [4.69, 9.17) is 16.3 Å². The highest BCUT2D eigenvalue weighted by Gasteiger charge is 2.23. The molecule has 0 aliphatic carbocycles. The molecule has 0 saturated carbocycles. The number of hydrogen-bond acceptors (Lipinski definition) is 2. The second kappa shape index (κ2) is 3.66. The van der Waals surface area contributed by atoms with Crippen molar-refractivity contribution in [3.63, 3.8) is 0 Å². The largest absolute Gasteiger partial charge is 0.355 e. The number of benzene rings is 1. The van der Waals surface area contributed by atoms with Gasteiger partial charge in [-0.2, -0.15) is 0 Å². The lowest BCUT2D eigenvalue weighted by atomic mass is 10.2. The predicted octanol–water partition coefficient (Wildman–Crippen LogP) is 2.35. The molecule has 0 radical (unpaired) electrons. The molecular formula is C10H12ClNO. The first-order valence-corrected chi connectivity index (χ1v) is 4.78. The lowest BCUT2D eigenvalue weighted by Crippen LogP contribution is -2.14. The summed E-state index contributed by atoms with van der Waals surface area (Å²) in [7, 11) is 0. The van der Waals surface area contributed by atoms with Crippen LogP contribution in [0, 0.1) is 0 Å². The second-order valence-corrected chi connectivity index (χ2v) is 3.66. The Morgan fingerprint density at radius 2 is 2.23 bits per heavy atom. The Balaban J connectivity index is 2.21. The van der Waals surface area contributed by atoms with Crippen molar-refractivity contribution in [2.24, 2.45) is 0 Å². The molecule has 1 fully saturated rings. The molecule has 0 spiro atoms. The monoisotopic (exact) mass is 197 g/mol. The van der Waals surface area contributed by atoms with Crippen LogP contribution < -0.4 is 5.32 Å². The highest BCUT2D eigenvalue weighted by molar-refractivity contribution is 6.31. The van der Waals surface area contributed by atoms with Crippen molar-refractivity contribution in [1.82, 2.24) is 5.32 Å². The highest BCUT2D eigenvalue weighted by Crippen LogP contribution is 2.27. The summed E-state index contributed by atoms with van der Waals surface area (Å²) in [6.45, 7) is 2.93. The maximum absolute atomic E-state index is 6.03. The SMILES string of the molecule is CC1CNC(c2ccccc2Cl)O1. The minimum absolute atomic E-state index is 0.0382. The van der Waals surface area contributed by atoms with Gasteiger partial charge in [0.2, 0.25) is 0 Å².